The maximum atomic E-state index is 3.40. The van der Waals surface area contributed by atoms with Crippen LogP contribution >= 0.6 is 0 Å². The second-order valence-electron chi connectivity index (χ2n) is 6.25. The molecule has 2 heteroatoms. The second-order valence-corrected chi connectivity index (χ2v) is 6.25. The highest BCUT2D eigenvalue weighted by Crippen LogP contribution is 2.29. The third kappa shape index (κ3) is 4.55. The fourth-order valence-electron chi connectivity index (χ4n) is 3.47. The predicted octanol–water partition coefficient (Wildman–Crippen LogP) is 3.52. The highest BCUT2D eigenvalue weighted by Gasteiger charge is 2.29. The number of hydrogen-bond acceptors (Lipinski definition) is 2. The number of hydrogen-bond donors (Lipinski definition) is 1. The molecule has 0 bridgehead atoms. The van der Waals surface area contributed by atoms with Crippen molar-refractivity contribution in [2.24, 2.45) is 11.3 Å². The van der Waals surface area contributed by atoms with Crippen LogP contribution in [0, 0.1) is 11.3 Å². The van der Waals surface area contributed by atoms with Crippen LogP contribution in [0.25, 0.3) is 0 Å². The molecule has 0 aliphatic carbocycles. The van der Waals surface area contributed by atoms with Crippen molar-refractivity contribution in [3.05, 3.63) is 0 Å². The van der Waals surface area contributed by atoms with E-state index in [0.29, 0.717) is 5.41 Å². The fraction of sp³-hybridized carbons (Fsp3) is 1.00. The largest absolute Gasteiger partial charge is 0.319 e. The lowest BCUT2D eigenvalue weighted by Crippen LogP contribution is -2.45. The van der Waals surface area contributed by atoms with Crippen molar-refractivity contribution in [3.8, 4) is 0 Å². The Morgan fingerprint density at radius 1 is 1.11 bits per heavy atom. The standard InChI is InChI=1S/C16H34N2/c1-5-8-15-9-11-18(12-10-15)14-16(6-2,7-3)13-17-4/h15,17H,5-14H2,1-4H3. The zero-order valence-electron chi connectivity index (χ0n) is 13.1. The molecule has 0 unspecified atom stereocenters. The van der Waals surface area contributed by atoms with E-state index in [9.17, 15) is 0 Å². The first-order valence-electron chi connectivity index (χ1n) is 8.06. The number of nitrogens with one attached hydrogen (secondary N) is 1. The van der Waals surface area contributed by atoms with E-state index in [1.165, 1.54) is 58.2 Å². The Morgan fingerprint density at radius 2 is 1.72 bits per heavy atom. The van der Waals surface area contributed by atoms with Crippen LogP contribution in [-0.4, -0.2) is 38.1 Å². The molecule has 108 valence electrons. The van der Waals surface area contributed by atoms with Gasteiger partial charge in [-0.05, 0) is 57.2 Å². The van der Waals surface area contributed by atoms with E-state index in [4.69, 9.17) is 0 Å². The van der Waals surface area contributed by atoms with Crippen LogP contribution in [0.3, 0.4) is 0 Å². The third-order valence-corrected chi connectivity index (χ3v) is 5.01. The Morgan fingerprint density at radius 3 is 2.17 bits per heavy atom. The molecule has 0 aromatic heterocycles. The number of likely N-dealkylation sites (tertiary alicyclic amines) is 1. The van der Waals surface area contributed by atoms with Crippen LogP contribution in [0.4, 0.5) is 0 Å². The molecule has 0 atom stereocenters. The fourth-order valence-corrected chi connectivity index (χ4v) is 3.47. The summed E-state index contributed by atoms with van der Waals surface area (Å²) in [5.74, 6) is 1.01. The highest BCUT2D eigenvalue weighted by atomic mass is 15.1. The van der Waals surface area contributed by atoms with E-state index in [1.54, 1.807) is 0 Å². The van der Waals surface area contributed by atoms with Crippen LogP contribution in [0.2, 0.25) is 0 Å². The molecule has 0 aromatic rings. The molecule has 0 aromatic carbocycles. The zero-order chi connectivity index (χ0) is 13.4. The molecule has 1 N–H and O–H groups in total. The van der Waals surface area contributed by atoms with Crippen molar-refractivity contribution >= 4 is 0 Å². The Labute approximate surface area is 115 Å². The van der Waals surface area contributed by atoms with E-state index in [2.05, 4.69) is 38.0 Å². The molecule has 2 nitrogen and oxygen atoms in total. The van der Waals surface area contributed by atoms with Gasteiger partial charge in [0.25, 0.3) is 0 Å². The highest BCUT2D eigenvalue weighted by molar-refractivity contribution is 4.84. The summed E-state index contributed by atoms with van der Waals surface area (Å²) >= 11 is 0. The number of rotatable bonds is 8. The molecule has 0 spiro atoms. The molecule has 1 saturated heterocycles. The first kappa shape index (κ1) is 16.0. The summed E-state index contributed by atoms with van der Waals surface area (Å²) in [6.45, 7) is 12.1. The lowest BCUT2D eigenvalue weighted by atomic mass is 9.80. The quantitative estimate of drug-likeness (QED) is 0.713. The van der Waals surface area contributed by atoms with Crippen molar-refractivity contribution in [2.45, 2.75) is 59.3 Å². The molecule has 1 rings (SSSR count). The van der Waals surface area contributed by atoms with E-state index in [1.807, 2.05) is 0 Å². The van der Waals surface area contributed by atoms with Gasteiger partial charge in [-0.15, -0.1) is 0 Å². The van der Waals surface area contributed by atoms with Gasteiger partial charge in [0.1, 0.15) is 0 Å². The molecule has 0 radical (unpaired) electrons. The summed E-state index contributed by atoms with van der Waals surface area (Å²) in [4.78, 5) is 2.72. The number of piperidine rings is 1. The molecule has 1 aliphatic rings. The minimum atomic E-state index is 0.492. The van der Waals surface area contributed by atoms with E-state index in [0.717, 1.165) is 12.5 Å². The minimum Gasteiger partial charge on any atom is -0.319 e. The van der Waals surface area contributed by atoms with Crippen molar-refractivity contribution in [1.29, 1.82) is 0 Å². The lowest BCUT2D eigenvalue weighted by Gasteiger charge is -2.40. The van der Waals surface area contributed by atoms with Gasteiger partial charge in [-0.2, -0.15) is 0 Å². The SMILES string of the molecule is CCCC1CCN(CC(CC)(CC)CNC)CC1. The summed E-state index contributed by atoms with van der Waals surface area (Å²) in [6.07, 6.45) is 8.24. The third-order valence-electron chi connectivity index (χ3n) is 5.01. The van der Waals surface area contributed by atoms with Crippen LogP contribution in [0.1, 0.15) is 59.3 Å². The Hall–Kier alpha value is -0.0800. The average Bonchev–Trinajstić information content (AvgIpc) is 2.41. The van der Waals surface area contributed by atoms with Gasteiger partial charge in [0, 0.05) is 13.1 Å². The van der Waals surface area contributed by atoms with Crippen LogP contribution in [0.5, 0.6) is 0 Å². The molecular formula is C16H34N2. The van der Waals surface area contributed by atoms with Crippen molar-refractivity contribution < 1.29 is 0 Å². The van der Waals surface area contributed by atoms with Gasteiger partial charge in [-0.1, -0.05) is 33.6 Å². The van der Waals surface area contributed by atoms with Gasteiger partial charge in [0.05, 0.1) is 0 Å². The summed E-state index contributed by atoms with van der Waals surface area (Å²) in [5, 5.41) is 3.40. The van der Waals surface area contributed by atoms with Gasteiger partial charge in [-0.25, -0.2) is 0 Å². The summed E-state index contributed by atoms with van der Waals surface area (Å²) in [5.41, 5.74) is 0.492. The lowest BCUT2D eigenvalue weighted by molar-refractivity contribution is 0.0996. The maximum absolute atomic E-state index is 3.40. The van der Waals surface area contributed by atoms with Gasteiger partial charge >= 0.3 is 0 Å². The predicted molar refractivity (Wildman–Crippen MR) is 81.0 cm³/mol. The van der Waals surface area contributed by atoms with Gasteiger partial charge in [-0.3, -0.25) is 0 Å². The summed E-state index contributed by atoms with van der Waals surface area (Å²) in [7, 11) is 2.09. The van der Waals surface area contributed by atoms with Crippen LogP contribution in [-0.2, 0) is 0 Å². The Balaban J connectivity index is 2.42. The monoisotopic (exact) mass is 254 g/mol. The van der Waals surface area contributed by atoms with Crippen LogP contribution < -0.4 is 5.32 Å². The molecule has 1 fully saturated rings. The Kier molecular flexibility index (Phi) is 7.25. The van der Waals surface area contributed by atoms with Crippen molar-refractivity contribution in [2.75, 3.05) is 33.2 Å². The molecule has 1 aliphatic heterocycles. The molecule has 0 saturated carbocycles. The van der Waals surface area contributed by atoms with E-state index in [-0.39, 0.29) is 0 Å². The second kappa shape index (κ2) is 8.16. The van der Waals surface area contributed by atoms with Gasteiger partial charge < -0.3 is 10.2 Å². The summed E-state index contributed by atoms with van der Waals surface area (Å²) in [6, 6.07) is 0. The smallest absolute Gasteiger partial charge is 0.00499 e. The van der Waals surface area contributed by atoms with Gasteiger partial charge in [0.2, 0.25) is 0 Å². The van der Waals surface area contributed by atoms with Gasteiger partial charge in [0.15, 0.2) is 0 Å². The van der Waals surface area contributed by atoms with E-state index < -0.39 is 0 Å². The zero-order valence-corrected chi connectivity index (χ0v) is 13.1. The number of nitrogens with zero attached hydrogens (tertiary/aromatic N) is 1. The first-order chi connectivity index (χ1) is 8.69. The molecule has 0 amide bonds. The topological polar surface area (TPSA) is 15.3 Å². The molecule has 18 heavy (non-hydrogen) atoms. The maximum Gasteiger partial charge on any atom is 0.00499 e. The molecular weight excluding hydrogens is 220 g/mol. The molecule has 1 heterocycles. The summed E-state index contributed by atoms with van der Waals surface area (Å²) < 4.78 is 0. The minimum absolute atomic E-state index is 0.492. The van der Waals surface area contributed by atoms with Crippen molar-refractivity contribution in [3.63, 3.8) is 0 Å². The normalized spacial score (nSPS) is 19.3. The van der Waals surface area contributed by atoms with Crippen molar-refractivity contribution in [1.82, 2.24) is 10.2 Å². The van der Waals surface area contributed by atoms with Crippen LogP contribution in [0.15, 0.2) is 0 Å². The first-order valence-corrected chi connectivity index (χ1v) is 8.06. The van der Waals surface area contributed by atoms with E-state index >= 15 is 0 Å². The average molecular weight is 254 g/mol. The Bertz CT molecular complexity index is 203.